The Kier molecular flexibility index (Phi) is 10.4. The third-order valence-corrected chi connectivity index (χ3v) is 3.29. The van der Waals surface area contributed by atoms with E-state index in [2.05, 4.69) is 17.6 Å². The van der Waals surface area contributed by atoms with Crippen LogP contribution in [0.15, 0.2) is 0 Å². The van der Waals surface area contributed by atoms with Crippen molar-refractivity contribution < 1.29 is 18.8 Å². The van der Waals surface area contributed by atoms with E-state index in [1.165, 1.54) is 0 Å². The van der Waals surface area contributed by atoms with Crippen LogP contribution in [0, 0.1) is 5.92 Å². The lowest BCUT2D eigenvalue weighted by molar-refractivity contribution is -0.132. The highest BCUT2D eigenvalue weighted by atomic mass is 19.1. The Morgan fingerprint density at radius 1 is 1.14 bits per heavy atom. The van der Waals surface area contributed by atoms with Crippen LogP contribution in [0.2, 0.25) is 0 Å². The van der Waals surface area contributed by atoms with Gasteiger partial charge in [-0.05, 0) is 13.3 Å². The lowest BCUT2D eigenvalue weighted by Gasteiger charge is -2.19. The van der Waals surface area contributed by atoms with Gasteiger partial charge in [-0.15, -0.1) is 0 Å². The van der Waals surface area contributed by atoms with Gasteiger partial charge < -0.3 is 10.6 Å². The van der Waals surface area contributed by atoms with Crippen molar-refractivity contribution in [3.05, 3.63) is 0 Å². The van der Waals surface area contributed by atoms with Crippen LogP contribution in [0.1, 0.15) is 52.9 Å². The van der Waals surface area contributed by atoms with Gasteiger partial charge in [0, 0.05) is 12.5 Å². The molecule has 0 aromatic carbocycles. The van der Waals surface area contributed by atoms with Crippen LogP contribution in [0.4, 0.5) is 4.39 Å². The first-order chi connectivity index (χ1) is 9.96. The number of ketones is 1. The van der Waals surface area contributed by atoms with Gasteiger partial charge in [-0.3, -0.25) is 14.4 Å². The van der Waals surface area contributed by atoms with E-state index in [0.29, 0.717) is 6.54 Å². The molecule has 122 valence electrons. The number of carbonyl (C=O) groups is 3. The summed E-state index contributed by atoms with van der Waals surface area (Å²) in [6.45, 7) is 4.84. The maximum atomic E-state index is 12.5. The van der Waals surface area contributed by atoms with E-state index in [4.69, 9.17) is 0 Å². The van der Waals surface area contributed by atoms with E-state index in [-0.39, 0.29) is 24.2 Å². The average molecular weight is 302 g/mol. The number of alkyl halides is 1. The number of carbonyl (C=O) groups excluding carboxylic acids is 3. The Labute approximate surface area is 126 Å². The van der Waals surface area contributed by atoms with Gasteiger partial charge in [0.1, 0.15) is 6.67 Å². The summed E-state index contributed by atoms with van der Waals surface area (Å²) in [7, 11) is 0. The van der Waals surface area contributed by atoms with E-state index in [1.54, 1.807) is 13.8 Å². The third kappa shape index (κ3) is 8.42. The summed E-state index contributed by atoms with van der Waals surface area (Å²) < 4.78 is 12.5. The van der Waals surface area contributed by atoms with E-state index in [9.17, 15) is 18.8 Å². The second kappa shape index (κ2) is 11.2. The second-order valence-electron chi connectivity index (χ2n) is 5.22. The number of amides is 2. The molecule has 0 rings (SSSR count). The van der Waals surface area contributed by atoms with Crippen molar-refractivity contribution in [2.75, 3.05) is 13.2 Å². The summed E-state index contributed by atoms with van der Waals surface area (Å²) in [5.41, 5.74) is 0. The predicted molar refractivity (Wildman–Crippen MR) is 79.5 cm³/mol. The highest BCUT2D eigenvalue weighted by molar-refractivity contribution is 5.94. The molecule has 0 radical (unpaired) electrons. The molecule has 2 atom stereocenters. The summed E-state index contributed by atoms with van der Waals surface area (Å²) in [5, 5.41) is 5.03. The molecule has 5 nitrogen and oxygen atoms in total. The molecule has 2 N–H and O–H groups in total. The van der Waals surface area contributed by atoms with Crippen LogP contribution < -0.4 is 10.6 Å². The van der Waals surface area contributed by atoms with Crippen LogP contribution in [0.5, 0.6) is 0 Å². The van der Waals surface area contributed by atoms with E-state index >= 15 is 0 Å². The number of Topliss-reactive ketones (excluding diaryl/α,β-unsaturated/α-hetero) is 1. The highest BCUT2D eigenvalue weighted by Gasteiger charge is 2.25. The monoisotopic (exact) mass is 302 g/mol. The molecule has 0 aromatic rings. The molecule has 0 fully saturated rings. The number of hydrogen-bond acceptors (Lipinski definition) is 3. The van der Waals surface area contributed by atoms with Crippen LogP contribution in [-0.2, 0) is 14.4 Å². The van der Waals surface area contributed by atoms with Gasteiger partial charge in [0.2, 0.25) is 11.8 Å². The summed E-state index contributed by atoms with van der Waals surface area (Å²) in [5.74, 6) is -1.69. The predicted octanol–water partition coefficient (Wildman–Crippen LogP) is 1.75. The maximum absolute atomic E-state index is 12.5. The van der Waals surface area contributed by atoms with Crippen LogP contribution in [-0.4, -0.2) is 36.9 Å². The summed E-state index contributed by atoms with van der Waals surface area (Å²) in [4.78, 5) is 35.0. The zero-order valence-electron chi connectivity index (χ0n) is 13.2. The van der Waals surface area contributed by atoms with Gasteiger partial charge in [0.15, 0.2) is 5.78 Å². The molecule has 6 heteroatoms. The molecule has 0 heterocycles. The molecular formula is C15H27FN2O3. The van der Waals surface area contributed by atoms with Gasteiger partial charge >= 0.3 is 0 Å². The molecular weight excluding hydrogens is 275 g/mol. The standard InChI is InChI=1S/C15H27FN2O3/c1-4-6-7-8-11(3)15(21)18-12(13(19)10-16)9-14(20)17-5-2/h11-12H,4-10H2,1-3H3,(H,17,20)(H,18,21). The highest BCUT2D eigenvalue weighted by Crippen LogP contribution is 2.10. The molecule has 2 unspecified atom stereocenters. The third-order valence-electron chi connectivity index (χ3n) is 3.29. The Morgan fingerprint density at radius 3 is 2.33 bits per heavy atom. The zero-order valence-corrected chi connectivity index (χ0v) is 13.2. The molecule has 0 bridgehead atoms. The number of halogens is 1. The van der Waals surface area contributed by atoms with Crippen molar-refractivity contribution in [3.8, 4) is 0 Å². The number of nitrogens with one attached hydrogen (secondary N) is 2. The van der Waals surface area contributed by atoms with Crippen LogP contribution >= 0.6 is 0 Å². The quantitative estimate of drug-likeness (QED) is 0.571. The first-order valence-electron chi connectivity index (χ1n) is 7.61. The van der Waals surface area contributed by atoms with Gasteiger partial charge in [0.25, 0.3) is 0 Å². The molecule has 0 aliphatic rings. The van der Waals surface area contributed by atoms with Crippen molar-refractivity contribution >= 4 is 17.6 Å². The zero-order chi connectivity index (χ0) is 16.3. The van der Waals surface area contributed by atoms with E-state index < -0.39 is 18.5 Å². The summed E-state index contributed by atoms with van der Waals surface area (Å²) in [6.07, 6.45) is 3.54. The van der Waals surface area contributed by atoms with Crippen molar-refractivity contribution in [2.24, 2.45) is 5.92 Å². The molecule has 0 aromatic heterocycles. The first-order valence-corrected chi connectivity index (χ1v) is 7.61. The molecule has 0 saturated carbocycles. The second-order valence-corrected chi connectivity index (χ2v) is 5.22. The molecule has 2 amide bonds. The smallest absolute Gasteiger partial charge is 0.223 e. The average Bonchev–Trinajstić information content (AvgIpc) is 2.45. The van der Waals surface area contributed by atoms with Crippen molar-refractivity contribution in [1.82, 2.24) is 10.6 Å². The molecule has 21 heavy (non-hydrogen) atoms. The number of hydrogen-bond donors (Lipinski definition) is 2. The number of rotatable bonds is 11. The Balaban J connectivity index is 4.47. The fourth-order valence-corrected chi connectivity index (χ4v) is 1.94. The van der Waals surface area contributed by atoms with Gasteiger partial charge in [-0.1, -0.05) is 33.1 Å². The molecule has 0 aliphatic heterocycles. The largest absolute Gasteiger partial charge is 0.356 e. The van der Waals surface area contributed by atoms with Crippen LogP contribution in [0.3, 0.4) is 0 Å². The minimum atomic E-state index is -1.19. The van der Waals surface area contributed by atoms with Gasteiger partial charge in [-0.2, -0.15) is 0 Å². The van der Waals surface area contributed by atoms with Crippen molar-refractivity contribution in [3.63, 3.8) is 0 Å². The van der Waals surface area contributed by atoms with Crippen molar-refractivity contribution in [2.45, 2.75) is 58.9 Å². The number of unbranched alkanes of at least 4 members (excludes halogenated alkanes) is 2. The Hall–Kier alpha value is -1.46. The van der Waals surface area contributed by atoms with Crippen LogP contribution in [0.25, 0.3) is 0 Å². The SMILES string of the molecule is CCCCCC(C)C(=O)NC(CC(=O)NCC)C(=O)CF. The molecule has 0 saturated heterocycles. The lowest BCUT2D eigenvalue weighted by atomic mass is 10.0. The first kappa shape index (κ1) is 19.5. The maximum Gasteiger partial charge on any atom is 0.223 e. The summed E-state index contributed by atoms with van der Waals surface area (Å²) in [6, 6.07) is -1.08. The van der Waals surface area contributed by atoms with E-state index in [1.807, 2.05) is 0 Å². The minimum absolute atomic E-state index is 0.218. The Morgan fingerprint density at radius 2 is 1.81 bits per heavy atom. The lowest BCUT2D eigenvalue weighted by Crippen LogP contribution is -2.46. The fraction of sp³-hybridized carbons (Fsp3) is 0.800. The molecule has 0 aliphatic carbocycles. The van der Waals surface area contributed by atoms with Gasteiger partial charge in [0.05, 0.1) is 12.5 Å². The van der Waals surface area contributed by atoms with Gasteiger partial charge in [-0.25, -0.2) is 4.39 Å². The topological polar surface area (TPSA) is 75.3 Å². The fourth-order valence-electron chi connectivity index (χ4n) is 1.94. The van der Waals surface area contributed by atoms with E-state index in [0.717, 1.165) is 25.7 Å². The minimum Gasteiger partial charge on any atom is -0.356 e. The molecule has 0 spiro atoms. The summed E-state index contributed by atoms with van der Waals surface area (Å²) >= 11 is 0. The normalized spacial score (nSPS) is 13.3. The Bertz CT molecular complexity index is 348. The van der Waals surface area contributed by atoms with Crippen molar-refractivity contribution in [1.29, 1.82) is 0 Å².